The number of rotatable bonds is 8. The minimum absolute atomic E-state index is 0.0440. The first-order valence-electron chi connectivity index (χ1n) is 12.7. The number of ether oxygens (including phenoxy) is 1. The van der Waals surface area contributed by atoms with Crippen LogP contribution in [0.1, 0.15) is 34.5 Å². The van der Waals surface area contributed by atoms with E-state index in [1.54, 1.807) is 42.2 Å². The predicted molar refractivity (Wildman–Crippen MR) is 147 cm³/mol. The van der Waals surface area contributed by atoms with Gasteiger partial charge < -0.3 is 15.0 Å². The number of carbonyl (C=O) groups is 3. The molecule has 0 aromatic heterocycles. The molecule has 2 aromatic carbocycles. The van der Waals surface area contributed by atoms with Crippen molar-refractivity contribution < 1.29 is 19.1 Å². The third-order valence-electron chi connectivity index (χ3n) is 6.78. The van der Waals surface area contributed by atoms with Crippen LogP contribution in [0.15, 0.2) is 72.5 Å². The van der Waals surface area contributed by atoms with E-state index >= 15 is 0 Å². The van der Waals surface area contributed by atoms with E-state index in [0.29, 0.717) is 54.6 Å². The second-order valence-electron chi connectivity index (χ2n) is 9.35. The maximum Gasteiger partial charge on any atom is 0.338 e. The molecule has 0 spiro atoms. The number of hydrogen-bond donors (Lipinski definition) is 1. The molecule has 8 nitrogen and oxygen atoms in total. The fourth-order valence-corrected chi connectivity index (χ4v) is 4.88. The SMILES string of the molecule is C=CCN1C(=O)NC(c2ccc(C)cc2)C(C(=O)OCC)=C1CN1CCN(C(=O)c2ccc(Cl)cc2)CC1. The smallest absolute Gasteiger partial charge is 0.338 e. The van der Waals surface area contributed by atoms with Gasteiger partial charge in [-0.15, -0.1) is 6.58 Å². The topological polar surface area (TPSA) is 82.2 Å². The maximum absolute atomic E-state index is 13.3. The Hall–Kier alpha value is -3.62. The fraction of sp³-hybridized carbons (Fsp3) is 0.345. The monoisotopic (exact) mass is 536 g/mol. The van der Waals surface area contributed by atoms with Gasteiger partial charge in [0.1, 0.15) is 0 Å². The molecule has 0 bridgehead atoms. The molecule has 2 aliphatic rings. The van der Waals surface area contributed by atoms with Crippen molar-refractivity contribution in [1.82, 2.24) is 20.0 Å². The zero-order valence-electron chi connectivity index (χ0n) is 21.8. The molecule has 0 aliphatic carbocycles. The van der Waals surface area contributed by atoms with Gasteiger partial charge in [-0.05, 0) is 43.7 Å². The van der Waals surface area contributed by atoms with Crippen LogP contribution in [0.2, 0.25) is 5.02 Å². The lowest BCUT2D eigenvalue weighted by Crippen LogP contribution is -2.53. The first-order chi connectivity index (χ1) is 18.3. The summed E-state index contributed by atoms with van der Waals surface area (Å²) in [6, 6.07) is 13.7. The second-order valence-corrected chi connectivity index (χ2v) is 9.78. The fourth-order valence-electron chi connectivity index (χ4n) is 4.75. The van der Waals surface area contributed by atoms with E-state index in [2.05, 4.69) is 16.8 Å². The van der Waals surface area contributed by atoms with Gasteiger partial charge in [0, 0.05) is 55.6 Å². The summed E-state index contributed by atoms with van der Waals surface area (Å²) in [5.41, 5.74) is 3.49. The van der Waals surface area contributed by atoms with Crippen molar-refractivity contribution in [3.8, 4) is 0 Å². The molecule has 9 heteroatoms. The van der Waals surface area contributed by atoms with Crippen LogP contribution in [-0.2, 0) is 9.53 Å². The Morgan fingerprint density at radius 2 is 1.74 bits per heavy atom. The van der Waals surface area contributed by atoms with E-state index in [1.807, 2.05) is 36.1 Å². The average molecular weight is 537 g/mol. The Bertz CT molecular complexity index is 1220. The van der Waals surface area contributed by atoms with Crippen molar-refractivity contribution in [2.24, 2.45) is 0 Å². The molecule has 2 heterocycles. The van der Waals surface area contributed by atoms with Crippen molar-refractivity contribution in [3.05, 3.63) is 94.2 Å². The molecule has 1 saturated heterocycles. The minimum atomic E-state index is -0.633. The third kappa shape index (κ3) is 6.09. The van der Waals surface area contributed by atoms with Crippen LogP contribution in [0.3, 0.4) is 0 Å². The average Bonchev–Trinajstić information content (AvgIpc) is 2.91. The van der Waals surface area contributed by atoms with Gasteiger partial charge in [0.2, 0.25) is 0 Å². The Morgan fingerprint density at radius 1 is 1.08 bits per heavy atom. The molecule has 2 aliphatic heterocycles. The number of amides is 3. The highest BCUT2D eigenvalue weighted by molar-refractivity contribution is 6.30. The minimum Gasteiger partial charge on any atom is -0.463 e. The summed E-state index contributed by atoms with van der Waals surface area (Å²) in [4.78, 5) is 45.0. The maximum atomic E-state index is 13.3. The van der Waals surface area contributed by atoms with Crippen LogP contribution in [-0.4, -0.2) is 78.5 Å². The molecule has 1 fully saturated rings. The van der Waals surface area contributed by atoms with Gasteiger partial charge in [0.25, 0.3) is 5.91 Å². The summed E-state index contributed by atoms with van der Waals surface area (Å²) < 4.78 is 5.46. The summed E-state index contributed by atoms with van der Waals surface area (Å²) in [6.07, 6.45) is 1.64. The first-order valence-corrected chi connectivity index (χ1v) is 13.1. The lowest BCUT2D eigenvalue weighted by molar-refractivity contribution is -0.139. The van der Waals surface area contributed by atoms with Gasteiger partial charge in [-0.1, -0.05) is 47.5 Å². The highest BCUT2D eigenvalue weighted by Crippen LogP contribution is 2.32. The van der Waals surface area contributed by atoms with Gasteiger partial charge in [-0.25, -0.2) is 9.59 Å². The Labute approximate surface area is 228 Å². The normalized spacial score (nSPS) is 18.3. The summed E-state index contributed by atoms with van der Waals surface area (Å²) in [7, 11) is 0. The number of nitrogens with zero attached hydrogens (tertiary/aromatic N) is 3. The van der Waals surface area contributed by atoms with Gasteiger partial charge in [-0.3, -0.25) is 14.6 Å². The number of urea groups is 1. The van der Waals surface area contributed by atoms with Crippen LogP contribution >= 0.6 is 11.6 Å². The number of hydrogen-bond acceptors (Lipinski definition) is 5. The predicted octanol–water partition coefficient (Wildman–Crippen LogP) is 4.18. The van der Waals surface area contributed by atoms with Gasteiger partial charge >= 0.3 is 12.0 Å². The second kappa shape index (κ2) is 12.3. The zero-order valence-corrected chi connectivity index (χ0v) is 22.5. The Balaban J connectivity index is 1.60. The van der Waals surface area contributed by atoms with Crippen LogP contribution in [0.25, 0.3) is 0 Å². The number of benzene rings is 2. The lowest BCUT2D eigenvalue weighted by atomic mass is 9.93. The molecule has 4 rings (SSSR count). The van der Waals surface area contributed by atoms with E-state index in [9.17, 15) is 14.4 Å². The first kappa shape index (κ1) is 27.4. The number of halogens is 1. The van der Waals surface area contributed by atoms with E-state index in [0.717, 1.165) is 11.1 Å². The van der Waals surface area contributed by atoms with E-state index in [-0.39, 0.29) is 25.1 Å². The molecule has 0 saturated carbocycles. The summed E-state index contributed by atoms with van der Waals surface area (Å²) in [6.45, 7) is 10.6. The molecule has 200 valence electrons. The van der Waals surface area contributed by atoms with Crippen molar-refractivity contribution in [3.63, 3.8) is 0 Å². The number of esters is 1. The summed E-state index contributed by atoms with van der Waals surface area (Å²) >= 11 is 5.96. The van der Waals surface area contributed by atoms with Crippen LogP contribution in [0.5, 0.6) is 0 Å². The van der Waals surface area contributed by atoms with E-state index < -0.39 is 12.0 Å². The lowest BCUT2D eigenvalue weighted by Gasteiger charge is -2.40. The van der Waals surface area contributed by atoms with Crippen molar-refractivity contribution in [2.75, 3.05) is 45.9 Å². The van der Waals surface area contributed by atoms with Crippen LogP contribution in [0, 0.1) is 6.92 Å². The van der Waals surface area contributed by atoms with Gasteiger partial charge in [0.15, 0.2) is 0 Å². The summed E-state index contributed by atoms with van der Waals surface area (Å²) in [5.74, 6) is -0.504. The number of aryl methyl sites for hydroxylation is 1. The number of carbonyl (C=O) groups excluding carboxylic acids is 3. The molecule has 1 N–H and O–H groups in total. The van der Waals surface area contributed by atoms with Crippen molar-refractivity contribution in [1.29, 1.82) is 0 Å². The molecule has 2 aromatic rings. The zero-order chi connectivity index (χ0) is 27.2. The molecule has 3 amide bonds. The van der Waals surface area contributed by atoms with E-state index in [4.69, 9.17) is 16.3 Å². The van der Waals surface area contributed by atoms with Gasteiger partial charge in [-0.2, -0.15) is 0 Å². The third-order valence-corrected chi connectivity index (χ3v) is 7.03. The molecular formula is C29H33ClN4O4. The highest BCUT2D eigenvalue weighted by Gasteiger charge is 2.38. The number of nitrogens with one attached hydrogen (secondary N) is 1. The molecular weight excluding hydrogens is 504 g/mol. The summed E-state index contributed by atoms with van der Waals surface area (Å²) in [5, 5.41) is 3.57. The Kier molecular flexibility index (Phi) is 8.86. The largest absolute Gasteiger partial charge is 0.463 e. The van der Waals surface area contributed by atoms with Crippen molar-refractivity contribution >= 4 is 29.5 Å². The standard InChI is InChI=1S/C29H33ClN4O4/c1-4-14-34-24(19-32-15-17-33(18-16-32)27(35)22-10-12-23(30)13-11-22)25(28(36)38-5-2)26(31-29(34)37)21-8-6-20(3)7-9-21/h4,6-13,26H,1,5,14-19H2,2-3H3,(H,31,37). The Morgan fingerprint density at radius 3 is 2.34 bits per heavy atom. The molecule has 1 atom stereocenters. The highest BCUT2D eigenvalue weighted by atomic mass is 35.5. The molecule has 0 radical (unpaired) electrons. The van der Waals surface area contributed by atoms with Crippen LogP contribution in [0.4, 0.5) is 4.79 Å². The van der Waals surface area contributed by atoms with E-state index in [1.165, 1.54) is 0 Å². The van der Waals surface area contributed by atoms with Crippen LogP contribution < -0.4 is 5.32 Å². The van der Waals surface area contributed by atoms with Gasteiger partial charge in [0.05, 0.1) is 18.2 Å². The molecule has 38 heavy (non-hydrogen) atoms. The quantitative estimate of drug-likeness (QED) is 0.404. The molecule has 1 unspecified atom stereocenters. The van der Waals surface area contributed by atoms with Crippen molar-refractivity contribution in [2.45, 2.75) is 19.9 Å². The number of piperazine rings is 1.